The van der Waals surface area contributed by atoms with Gasteiger partial charge in [-0.3, -0.25) is 9.59 Å². The maximum Gasteiger partial charge on any atom is 0.365 e. The van der Waals surface area contributed by atoms with E-state index in [1.54, 1.807) is 29.2 Å². The van der Waals surface area contributed by atoms with E-state index in [4.69, 9.17) is 0 Å². The zero-order valence-corrected chi connectivity index (χ0v) is 16.5. The average molecular weight is 406 g/mol. The van der Waals surface area contributed by atoms with Crippen LogP contribution in [0.25, 0.3) is 5.69 Å². The van der Waals surface area contributed by atoms with Gasteiger partial charge in [0, 0.05) is 24.3 Å². The van der Waals surface area contributed by atoms with E-state index in [1.807, 2.05) is 31.2 Å². The predicted octanol–water partition coefficient (Wildman–Crippen LogP) is 1.75. The fourth-order valence-electron chi connectivity index (χ4n) is 3.55. The molecule has 1 fully saturated rings. The number of likely N-dealkylation sites (tertiary alicyclic amines) is 1. The summed E-state index contributed by atoms with van der Waals surface area (Å²) in [5.41, 5.74) is 2.45. The van der Waals surface area contributed by atoms with Crippen molar-refractivity contribution in [2.45, 2.75) is 19.8 Å². The van der Waals surface area contributed by atoms with E-state index in [0.29, 0.717) is 30.0 Å². The van der Waals surface area contributed by atoms with Gasteiger partial charge in [0.2, 0.25) is 5.91 Å². The number of carbonyl (C=O) groups is 2. The van der Waals surface area contributed by atoms with Crippen molar-refractivity contribution in [3.63, 3.8) is 0 Å². The molecule has 1 aromatic heterocycles. The SMILES string of the molecule is Cc1ccc(C(=O)N2CCCC(C(=O)Nc3ccc(-n4nn[nH]c4=O)cc3)C2)cc1. The average Bonchev–Trinajstić information content (AvgIpc) is 3.20. The Bertz CT molecular complexity index is 1100. The summed E-state index contributed by atoms with van der Waals surface area (Å²) < 4.78 is 1.13. The number of benzene rings is 2. The number of aryl methyl sites for hydroxylation is 1. The van der Waals surface area contributed by atoms with Crippen molar-refractivity contribution in [2.75, 3.05) is 18.4 Å². The van der Waals surface area contributed by atoms with E-state index >= 15 is 0 Å². The van der Waals surface area contributed by atoms with E-state index < -0.39 is 5.69 Å². The topological polar surface area (TPSA) is 113 Å². The highest BCUT2D eigenvalue weighted by molar-refractivity contribution is 5.96. The fraction of sp³-hybridized carbons (Fsp3) is 0.286. The van der Waals surface area contributed by atoms with Crippen LogP contribution in [0.1, 0.15) is 28.8 Å². The van der Waals surface area contributed by atoms with Gasteiger partial charge in [-0.15, -0.1) is 0 Å². The van der Waals surface area contributed by atoms with Crippen LogP contribution >= 0.6 is 0 Å². The molecule has 0 saturated carbocycles. The molecule has 2 amide bonds. The number of hydrogen-bond acceptors (Lipinski definition) is 5. The minimum atomic E-state index is -0.438. The molecule has 0 spiro atoms. The highest BCUT2D eigenvalue weighted by Crippen LogP contribution is 2.21. The highest BCUT2D eigenvalue weighted by atomic mass is 16.2. The van der Waals surface area contributed by atoms with Crippen molar-refractivity contribution in [1.29, 1.82) is 0 Å². The Hall–Kier alpha value is -3.75. The van der Waals surface area contributed by atoms with Gasteiger partial charge in [-0.05, 0) is 66.6 Å². The van der Waals surface area contributed by atoms with E-state index in [-0.39, 0.29) is 17.7 Å². The summed E-state index contributed by atoms with van der Waals surface area (Å²) in [7, 11) is 0. The first-order valence-corrected chi connectivity index (χ1v) is 9.79. The van der Waals surface area contributed by atoms with E-state index in [0.717, 1.165) is 23.1 Å². The molecule has 0 bridgehead atoms. The Balaban J connectivity index is 1.39. The number of hydrogen-bond donors (Lipinski definition) is 2. The Morgan fingerprint density at radius 1 is 1.10 bits per heavy atom. The molecule has 30 heavy (non-hydrogen) atoms. The molecule has 4 rings (SSSR count). The summed E-state index contributed by atoms with van der Waals surface area (Å²) in [6, 6.07) is 14.2. The molecular weight excluding hydrogens is 384 g/mol. The number of nitrogens with one attached hydrogen (secondary N) is 2. The number of piperidine rings is 1. The van der Waals surface area contributed by atoms with Crippen LogP contribution in [0.4, 0.5) is 5.69 Å². The summed E-state index contributed by atoms with van der Waals surface area (Å²) in [5.74, 6) is -0.441. The van der Waals surface area contributed by atoms with Crippen LogP contribution in [0.3, 0.4) is 0 Å². The summed E-state index contributed by atoms with van der Waals surface area (Å²) in [4.78, 5) is 38.8. The lowest BCUT2D eigenvalue weighted by atomic mass is 9.96. The van der Waals surface area contributed by atoms with Crippen LogP contribution in [-0.2, 0) is 4.79 Å². The molecule has 2 N–H and O–H groups in total. The molecule has 3 aromatic rings. The number of amides is 2. The molecule has 9 nitrogen and oxygen atoms in total. The molecule has 1 aliphatic heterocycles. The summed E-state index contributed by atoms with van der Waals surface area (Å²) in [5, 5.41) is 12.3. The lowest BCUT2D eigenvalue weighted by molar-refractivity contribution is -0.121. The molecule has 154 valence electrons. The predicted molar refractivity (Wildman–Crippen MR) is 110 cm³/mol. The van der Waals surface area contributed by atoms with Crippen molar-refractivity contribution in [2.24, 2.45) is 5.92 Å². The Morgan fingerprint density at radius 2 is 1.83 bits per heavy atom. The molecule has 0 aliphatic carbocycles. The first-order valence-electron chi connectivity index (χ1n) is 9.79. The molecule has 1 atom stereocenters. The second-order valence-electron chi connectivity index (χ2n) is 7.41. The molecule has 1 saturated heterocycles. The van der Waals surface area contributed by atoms with Crippen LogP contribution in [0.2, 0.25) is 0 Å². The van der Waals surface area contributed by atoms with Crippen LogP contribution < -0.4 is 11.0 Å². The van der Waals surface area contributed by atoms with Crippen molar-refractivity contribution in [3.8, 4) is 5.69 Å². The normalized spacial score (nSPS) is 16.3. The third-order valence-electron chi connectivity index (χ3n) is 5.23. The maximum absolute atomic E-state index is 12.8. The third kappa shape index (κ3) is 4.14. The molecule has 9 heteroatoms. The van der Waals surface area contributed by atoms with Crippen molar-refractivity contribution in [1.82, 2.24) is 25.1 Å². The number of carbonyl (C=O) groups excluding carboxylic acids is 2. The van der Waals surface area contributed by atoms with E-state index in [2.05, 4.69) is 20.8 Å². The van der Waals surface area contributed by atoms with Gasteiger partial charge >= 0.3 is 5.69 Å². The minimum absolute atomic E-state index is 0.0464. The fourth-order valence-corrected chi connectivity index (χ4v) is 3.55. The quantitative estimate of drug-likeness (QED) is 0.685. The first-order chi connectivity index (χ1) is 14.5. The Morgan fingerprint density at radius 3 is 2.50 bits per heavy atom. The molecule has 1 aliphatic rings. The standard InChI is InChI=1S/C21H22N6O3/c1-14-4-6-15(7-5-14)20(29)26-12-2-3-16(13-26)19(28)22-17-8-10-18(11-9-17)27-21(30)23-24-25-27/h4-11,16H,2-3,12-13H2,1H3,(H,22,28)(H,23,25,30). The number of tetrazole rings is 1. The minimum Gasteiger partial charge on any atom is -0.338 e. The van der Waals surface area contributed by atoms with E-state index in [1.165, 1.54) is 0 Å². The van der Waals surface area contributed by atoms with Gasteiger partial charge in [0.25, 0.3) is 5.91 Å². The molecular formula is C21H22N6O3. The Labute approximate surface area is 172 Å². The zero-order valence-electron chi connectivity index (χ0n) is 16.5. The van der Waals surface area contributed by atoms with Gasteiger partial charge in [-0.1, -0.05) is 17.7 Å². The van der Waals surface area contributed by atoms with Crippen molar-refractivity contribution in [3.05, 3.63) is 70.1 Å². The van der Waals surface area contributed by atoms with Crippen LogP contribution in [0.15, 0.2) is 53.3 Å². The van der Waals surface area contributed by atoms with Crippen molar-refractivity contribution >= 4 is 17.5 Å². The molecule has 2 aromatic carbocycles. The molecule has 1 unspecified atom stereocenters. The smallest absolute Gasteiger partial charge is 0.338 e. The number of aromatic nitrogens is 4. The zero-order chi connectivity index (χ0) is 21.1. The molecule has 0 radical (unpaired) electrons. The lowest BCUT2D eigenvalue weighted by Crippen LogP contribution is -2.43. The third-order valence-corrected chi connectivity index (χ3v) is 5.23. The van der Waals surface area contributed by atoms with Gasteiger partial charge in [0.15, 0.2) is 0 Å². The largest absolute Gasteiger partial charge is 0.365 e. The number of anilines is 1. The number of aromatic amines is 1. The summed E-state index contributed by atoms with van der Waals surface area (Å²) in [6.45, 7) is 3.02. The van der Waals surface area contributed by atoms with Gasteiger partial charge in [0.1, 0.15) is 0 Å². The van der Waals surface area contributed by atoms with Gasteiger partial charge in [-0.2, -0.15) is 4.68 Å². The van der Waals surface area contributed by atoms with Gasteiger partial charge < -0.3 is 10.2 Å². The van der Waals surface area contributed by atoms with Gasteiger partial charge in [-0.25, -0.2) is 9.89 Å². The second kappa shape index (κ2) is 8.32. The Kier molecular flexibility index (Phi) is 5.42. The van der Waals surface area contributed by atoms with E-state index in [9.17, 15) is 14.4 Å². The first kappa shape index (κ1) is 19.6. The molecule has 2 heterocycles. The van der Waals surface area contributed by atoms with Crippen molar-refractivity contribution < 1.29 is 9.59 Å². The van der Waals surface area contributed by atoms with Crippen LogP contribution in [0, 0.1) is 12.8 Å². The van der Waals surface area contributed by atoms with Crippen LogP contribution in [0.5, 0.6) is 0 Å². The summed E-state index contributed by atoms with van der Waals surface area (Å²) in [6.07, 6.45) is 1.51. The van der Waals surface area contributed by atoms with Crippen LogP contribution in [-0.4, -0.2) is 50.0 Å². The number of rotatable bonds is 4. The monoisotopic (exact) mass is 406 g/mol. The number of H-pyrrole nitrogens is 1. The summed E-state index contributed by atoms with van der Waals surface area (Å²) >= 11 is 0. The second-order valence-corrected chi connectivity index (χ2v) is 7.41. The maximum atomic E-state index is 12.8. The number of nitrogens with zero attached hydrogens (tertiary/aromatic N) is 4. The lowest BCUT2D eigenvalue weighted by Gasteiger charge is -2.32. The van der Waals surface area contributed by atoms with Gasteiger partial charge in [0.05, 0.1) is 11.6 Å². The highest BCUT2D eigenvalue weighted by Gasteiger charge is 2.29.